The predicted molar refractivity (Wildman–Crippen MR) is 91.0 cm³/mol. The molecule has 22 heavy (non-hydrogen) atoms. The van der Waals surface area contributed by atoms with Gasteiger partial charge in [-0.25, -0.2) is 0 Å². The number of methoxy groups -OCH3 is 1. The highest BCUT2D eigenvalue weighted by molar-refractivity contribution is 5.46. The molecular weight excluding hydrogens is 272 g/mol. The SMILES string of the molecule is C#C.COCc1cc(C)c2c(c1)C[C@H]1C(CCCC1(C)C)O2. The molecule has 1 aromatic rings. The normalized spacial score (nSPS) is 25.0. The molecule has 0 saturated heterocycles. The lowest BCUT2D eigenvalue weighted by atomic mass is 9.64. The van der Waals surface area contributed by atoms with Crippen molar-refractivity contribution in [2.45, 2.75) is 59.2 Å². The number of hydrogen-bond donors (Lipinski definition) is 0. The molecule has 1 fully saturated rings. The number of aryl methyl sites for hydroxylation is 1. The molecule has 0 spiro atoms. The summed E-state index contributed by atoms with van der Waals surface area (Å²) in [6.07, 6.45) is 13.4. The molecule has 1 aliphatic heterocycles. The Labute approximate surface area is 135 Å². The van der Waals surface area contributed by atoms with E-state index in [0.29, 0.717) is 24.0 Å². The van der Waals surface area contributed by atoms with E-state index in [2.05, 4.69) is 45.8 Å². The summed E-state index contributed by atoms with van der Waals surface area (Å²) in [6.45, 7) is 7.66. The number of ether oxygens (including phenoxy) is 2. The Morgan fingerprint density at radius 2 is 2.05 bits per heavy atom. The molecule has 2 aliphatic rings. The predicted octanol–water partition coefficient (Wildman–Crippen LogP) is 4.52. The van der Waals surface area contributed by atoms with E-state index in [9.17, 15) is 0 Å². The van der Waals surface area contributed by atoms with Crippen molar-refractivity contribution in [3.8, 4) is 18.6 Å². The molecule has 1 unspecified atom stereocenters. The Morgan fingerprint density at radius 3 is 2.73 bits per heavy atom. The molecule has 0 N–H and O–H groups in total. The molecule has 0 amide bonds. The van der Waals surface area contributed by atoms with Crippen molar-refractivity contribution < 1.29 is 9.47 Å². The summed E-state index contributed by atoms with van der Waals surface area (Å²) in [6, 6.07) is 4.49. The van der Waals surface area contributed by atoms with Crippen molar-refractivity contribution in [3.05, 3.63) is 28.8 Å². The van der Waals surface area contributed by atoms with Crippen LogP contribution >= 0.6 is 0 Å². The van der Waals surface area contributed by atoms with Gasteiger partial charge in [0.25, 0.3) is 0 Å². The minimum absolute atomic E-state index is 0.395. The summed E-state index contributed by atoms with van der Waals surface area (Å²) in [7, 11) is 1.76. The highest BCUT2D eigenvalue weighted by Gasteiger charge is 2.43. The molecule has 2 atom stereocenters. The molecule has 120 valence electrons. The van der Waals surface area contributed by atoms with Crippen LogP contribution in [0.1, 0.15) is 49.8 Å². The van der Waals surface area contributed by atoms with Gasteiger partial charge in [0.05, 0.1) is 6.61 Å². The first-order valence-electron chi connectivity index (χ1n) is 8.12. The molecule has 3 rings (SSSR count). The quantitative estimate of drug-likeness (QED) is 0.748. The fraction of sp³-hybridized carbons (Fsp3) is 0.600. The van der Waals surface area contributed by atoms with Crippen LogP contribution in [0, 0.1) is 31.1 Å². The standard InChI is InChI=1S/C18H26O2.C2H2/c1-12-8-13(11-19-4)9-14-10-15-16(20-17(12)14)6-5-7-18(15,2)3;1-2/h8-9,15-16H,5-7,10-11H2,1-4H3;1-2H/t15-,16?;/m0./s1. The highest BCUT2D eigenvalue weighted by Crippen LogP contribution is 2.48. The Balaban J connectivity index is 0.000000847. The van der Waals surface area contributed by atoms with Crippen molar-refractivity contribution in [1.29, 1.82) is 0 Å². The van der Waals surface area contributed by atoms with Gasteiger partial charge in [0.15, 0.2) is 0 Å². The lowest BCUT2D eigenvalue weighted by molar-refractivity contribution is -0.00608. The summed E-state index contributed by atoms with van der Waals surface area (Å²) < 4.78 is 11.7. The van der Waals surface area contributed by atoms with Crippen molar-refractivity contribution in [2.75, 3.05) is 7.11 Å². The maximum absolute atomic E-state index is 6.39. The number of benzene rings is 1. The number of hydrogen-bond acceptors (Lipinski definition) is 2. The van der Waals surface area contributed by atoms with Crippen LogP contribution in [0.15, 0.2) is 12.1 Å². The summed E-state index contributed by atoms with van der Waals surface area (Å²) in [5.41, 5.74) is 4.30. The summed E-state index contributed by atoms with van der Waals surface area (Å²) in [5, 5.41) is 0. The maximum atomic E-state index is 6.39. The van der Waals surface area contributed by atoms with Crippen LogP contribution in [0.5, 0.6) is 5.75 Å². The molecule has 0 aromatic heterocycles. The Hall–Kier alpha value is -1.46. The van der Waals surface area contributed by atoms with Crippen molar-refractivity contribution >= 4 is 0 Å². The van der Waals surface area contributed by atoms with E-state index in [-0.39, 0.29) is 0 Å². The third-order valence-electron chi connectivity index (χ3n) is 5.19. The molecule has 0 bridgehead atoms. The van der Waals surface area contributed by atoms with E-state index in [1.54, 1.807) is 7.11 Å². The molecule has 1 saturated carbocycles. The zero-order chi connectivity index (χ0) is 16.3. The first-order valence-corrected chi connectivity index (χ1v) is 8.12. The number of terminal acetylenes is 1. The monoisotopic (exact) mass is 300 g/mol. The lowest BCUT2D eigenvalue weighted by Crippen LogP contribution is -2.45. The number of fused-ring (bicyclic) bond motifs is 2. The van der Waals surface area contributed by atoms with E-state index in [1.165, 1.54) is 36.0 Å². The van der Waals surface area contributed by atoms with Crippen molar-refractivity contribution in [3.63, 3.8) is 0 Å². The molecule has 0 radical (unpaired) electrons. The third-order valence-corrected chi connectivity index (χ3v) is 5.19. The third kappa shape index (κ3) is 3.15. The topological polar surface area (TPSA) is 18.5 Å². The molecular formula is C20H28O2. The zero-order valence-corrected chi connectivity index (χ0v) is 14.3. The van der Waals surface area contributed by atoms with Crippen LogP contribution in [0.25, 0.3) is 0 Å². The molecule has 1 heterocycles. The Bertz CT molecular complexity index is 542. The molecule has 1 aromatic carbocycles. The van der Waals surface area contributed by atoms with E-state index in [0.717, 1.165) is 12.2 Å². The van der Waals surface area contributed by atoms with Crippen LogP contribution in [0.3, 0.4) is 0 Å². The van der Waals surface area contributed by atoms with Crippen LogP contribution in [0.4, 0.5) is 0 Å². The minimum Gasteiger partial charge on any atom is -0.490 e. The van der Waals surface area contributed by atoms with Gasteiger partial charge in [0, 0.05) is 13.0 Å². The van der Waals surface area contributed by atoms with Gasteiger partial charge < -0.3 is 9.47 Å². The zero-order valence-electron chi connectivity index (χ0n) is 14.3. The fourth-order valence-electron chi connectivity index (χ4n) is 4.08. The van der Waals surface area contributed by atoms with Crippen LogP contribution in [-0.2, 0) is 17.8 Å². The van der Waals surface area contributed by atoms with E-state index in [4.69, 9.17) is 9.47 Å². The second-order valence-electron chi connectivity index (χ2n) is 7.18. The van der Waals surface area contributed by atoms with Gasteiger partial charge >= 0.3 is 0 Å². The second-order valence-corrected chi connectivity index (χ2v) is 7.18. The fourth-order valence-corrected chi connectivity index (χ4v) is 4.08. The largest absolute Gasteiger partial charge is 0.490 e. The average molecular weight is 300 g/mol. The summed E-state index contributed by atoms with van der Waals surface area (Å²) >= 11 is 0. The van der Waals surface area contributed by atoms with Gasteiger partial charge in [-0.1, -0.05) is 19.9 Å². The minimum atomic E-state index is 0.395. The van der Waals surface area contributed by atoms with Crippen LogP contribution in [0.2, 0.25) is 0 Å². The van der Waals surface area contributed by atoms with Gasteiger partial charge in [-0.05, 0) is 60.8 Å². The molecule has 2 heteroatoms. The Kier molecular flexibility index (Phi) is 5.19. The van der Waals surface area contributed by atoms with E-state index < -0.39 is 0 Å². The van der Waals surface area contributed by atoms with Crippen molar-refractivity contribution in [1.82, 2.24) is 0 Å². The van der Waals surface area contributed by atoms with Crippen LogP contribution < -0.4 is 4.74 Å². The smallest absolute Gasteiger partial charge is 0.125 e. The first kappa shape index (κ1) is 16.9. The van der Waals surface area contributed by atoms with Gasteiger partial charge in [0.1, 0.15) is 11.9 Å². The molecule has 2 nitrogen and oxygen atoms in total. The highest BCUT2D eigenvalue weighted by atomic mass is 16.5. The van der Waals surface area contributed by atoms with Gasteiger partial charge in [-0.15, -0.1) is 12.8 Å². The average Bonchev–Trinajstić information content (AvgIpc) is 2.49. The van der Waals surface area contributed by atoms with E-state index >= 15 is 0 Å². The first-order chi connectivity index (χ1) is 10.5. The lowest BCUT2D eigenvalue weighted by Gasteiger charge is -2.47. The van der Waals surface area contributed by atoms with Crippen molar-refractivity contribution in [2.24, 2.45) is 11.3 Å². The van der Waals surface area contributed by atoms with E-state index in [1.807, 2.05) is 0 Å². The van der Waals surface area contributed by atoms with Crippen LogP contribution in [-0.4, -0.2) is 13.2 Å². The summed E-state index contributed by atoms with van der Waals surface area (Å²) in [5.74, 6) is 1.80. The van der Waals surface area contributed by atoms with Gasteiger partial charge in [0.2, 0.25) is 0 Å². The van der Waals surface area contributed by atoms with Gasteiger partial charge in [-0.2, -0.15) is 0 Å². The second kappa shape index (κ2) is 6.75. The Morgan fingerprint density at radius 1 is 1.32 bits per heavy atom. The maximum Gasteiger partial charge on any atom is 0.125 e. The molecule has 1 aliphatic carbocycles. The number of rotatable bonds is 2. The van der Waals surface area contributed by atoms with Gasteiger partial charge in [-0.3, -0.25) is 0 Å². The summed E-state index contributed by atoms with van der Waals surface area (Å²) in [4.78, 5) is 0.